The van der Waals surface area contributed by atoms with Crippen molar-refractivity contribution < 1.29 is 47.3 Å². The van der Waals surface area contributed by atoms with Gasteiger partial charge in [-0.15, -0.1) is 0 Å². The van der Waals surface area contributed by atoms with Gasteiger partial charge in [0.1, 0.15) is 29.1 Å². The van der Waals surface area contributed by atoms with Gasteiger partial charge >= 0.3 is 18.0 Å². The molecule has 0 radical (unpaired) electrons. The van der Waals surface area contributed by atoms with E-state index in [4.69, 9.17) is 18.9 Å². The number of amides is 3. The van der Waals surface area contributed by atoms with E-state index in [1.807, 2.05) is 6.08 Å². The van der Waals surface area contributed by atoms with Crippen molar-refractivity contribution in [1.82, 2.24) is 15.1 Å². The van der Waals surface area contributed by atoms with Crippen LogP contribution in [0.4, 0.5) is 9.18 Å². The Balaban J connectivity index is 1.38. The molecular formula is C34H44FN3O9. The molecule has 5 rings (SSSR count). The molecule has 4 aliphatic rings. The highest BCUT2D eigenvalue weighted by molar-refractivity contribution is 5.96. The Bertz CT molecular complexity index is 1430. The van der Waals surface area contributed by atoms with E-state index in [-0.39, 0.29) is 51.6 Å². The molecule has 1 aromatic carbocycles. The van der Waals surface area contributed by atoms with Crippen molar-refractivity contribution in [1.29, 1.82) is 0 Å². The van der Waals surface area contributed by atoms with Crippen LogP contribution in [0.2, 0.25) is 0 Å². The van der Waals surface area contributed by atoms with Gasteiger partial charge in [0.05, 0.1) is 32.7 Å². The molecule has 13 heteroatoms. The van der Waals surface area contributed by atoms with E-state index in [0.717, 1.165) is 0 Å². The van der Waals surface area contributed by atoms with Crippen LogP contribution in [-0.2, 0) is 51.2 Å². The number of carbonyl (C=O) groups is 5. The van der Waals surface area contributed by atoms with Gasteiger partial charge in [0.25, 0.3) is 0 Å². The van der Waals surface area contributed by atoms with Crippen molar-refractivity contribution in [3.8, 4) is 0 Å². The number of rotatable bonds is 5. The lowest BCUT2D eigenvalue weighted by Crippen LogP contribution is -2.54. The summed E-state index contributed by atoms with van der Waals surface area (Å²) in [5.74, 6) is -3.73. The second-order valence-corrected chi connectivity index (χ2v) is 13.6. The Labute approximate surface area is 273 Å². The Morgan fingerprint density at radius 2 is 1.96 bits per heavy atom. The maximum atomic E-state index is 14.3. The first-order valence-corrected chi connectivity index (χ1v) is 16.3. The fourth-order valence-corrected chi connectivity index (χ4v) is 6.55. The first-order valence-electron chi connectivity index (χ1n) is 16.3. The van der Waals surface area contributed by atoms with Gasteiger partial charge in [-0.3, -0.25) is 19.3 Å². The zero-order valence-corrected chi connectivity index (χ0v) is 27.4. The third-order valence-electron chi connectivity index (χ3n) is 8.91. The van der Waals surface area contributed by atoms with Crippen LogP contribution in [0.3, 0.4) is 0 Å². The predicted molar refractivity (Wildman–Crippen MR) is 165 cm³/mol. The van der Waals surface area contributed by atoms with Crippen LogP contribution in [-0.4, -0.2) is 89.3 Å². The van der Waals surface area contributed by atoms with Gasteiger partial charge in [-0.1, -0.05) is 24.3 Å². The average Bonchev–Trinajstić information content (AvgIpc) is 3.31. The van der Waals surface area contributed by atoms with Gasteiger partial charge in [0.2, 0.25) is 11.8 Å². The number of ether oxygens (including phenoxy) is 4. The number of nitrogens with zero attached hydrogens (tertiary/aromatic N) is 2. The lowest BCUT2D eigenvalue weighted by Gasteiger charge is -2.29. The molecular weight excluding hydrogens is 613 g/mol. The van der Waals surface area contributed by atoms with Crippen molar-refractivity contribution in [3.63, 3.8) is 0 Å². The van der Waals surface area contributed by atoms with Gasteiger partial charge in [-0.05, 0) is 58.6 Å². The minimum atomic E-state index is -1.30. The fraction of sp³-hybridized carbons (Fsp3) is 0.618. The third kappa shape index (κ3) is 7.94. The van der Waals surface area contributed by atoms with Crippen LogP contribution < -0.4 is 5.32 Å². The SMILES string of the molecule is CCOC(=O)[C@@]12C[C@H]1/C=C\COCCC[C@H](CC(=O)OC(C)(C)C)C(=O)N1C[C@H](OC(=O)N3Cc4cccc(F)c4C3)C[C@H]1C(=O)N2. The maximum absolute atomic E-state index is 14.3. The summed E-state index contributed by atoms with van der Waals surface area (Å²) in [6.45, 7) is 7.73. The Morgan fingerprint density at radius 1 is 1.17 bits per heavy atom. The van der Waals surface area contributed by atoms with Crippen molar-refractivity contribution in [3.05, 3.63) is 47.3 Å². The van der Waals surface area contributed by atoms with E-state index in [1.54, 1.807) is 45.9 Å². The molecule has 1 aromatic rings. The van der Waals surface area contributed by atoms with E-state index in [0.29, 0.717) is 37.0 Å². The summed E-state index contributed by atoms with van der Waals surface area (Å²) in [7, 11) is 0. The molecule has 47 heavy (non-hydrogen) atoms. The molecule has 12 nitrogen and oxygen atoms in total. The Morgan fingerprint density at radius 3 is 2.68 bits per heavy atom. The van der Waals surface area contributed by atoms with E-state index >= 15 is 0 Å². The van der Waals surface area contributed by atoms with E-state index in [1.165, 1.54) is 15.9 Å². The molecule has 0 aromatic heterocycles. The molecule has 1 N–H and O–H groups in total. The zero-order chi connectivity index (χ0) is 33.9. The number of hydrogen-bond donors (Lipinski definition) is 1. The van der Waals surface area contributed by atoms with Gasteiger partial charge in [-0.25, -0.2) is 14.0 Å². The normalized spacial score (nSPS) is 28.5. The summed E-state index contributed by atoms with van der Waals surface area (Å²) in [5, 5.41) is 2.86. The molecule has 1 saturated carbocycles. The molecule has 1 saturated heterocycles. The van der Waals surface area contributed by atoms with Crippen LogP contribution in [0.15, 0.2) is 30.4 Å². The van der Waals surface area contributed by atoms with Crippen LogP contribution in [0.5, 0.6) is 0 Å². The smallest absolute Gasteiger partial charge is 0.410 e. The Hall–Kier alpha value is -4.00. The molecule has 256 valence electrons. The summed E-state index contributed by atoms with van der Waals surface area (Å²) < 4.78 is 36.7. The van der Waals surface area contributed by atoms with Gasteiger partial charge in [0.15, 0.2) is 0 Å². The number of fused-ring (bicyclic) bond motifs is 3. The van der Waals surface area contributed by atoms with Crippen molar-refractivity contribution in [2.75, 3.05) is 26.4 Å². The van der Waals surface area contributed by atoms with Gasteiger partial charge in [0, 0.05) is 37.0 Å². The number of benzene rings is 1. The molecule has 3 amide bonds. The zero-order valence-electron chi connectivity index (χ0n) is 27.4. The number of nitrogens with one attached hydrogen (secondary N) is 1. The standard InChI is InChI=1S/C34H44FN3O9/c1-5-45-31(42)34-17-23(34)11-8-14-44-13-7-10-21(15-28(39)47-33(2,3)4)30(41)38-19-24(16-27(38)29(40)36-34)46-32(43)37-18-22-9-6-12-26(35)25(22)20-37/h6,8-9,11-12,21,23-24,27H,5,7,10,13-20H2,1-4H3,(H,36,40)/b11-8-/t21-,23-,24-,27+,34-/m1/s1. The minimum Gasteiger partial charge on any atom is -0.464 e. The molecule has 3 heterocycles. The molecule has 1 aliphatic carbocycles. The number of halogens is 1. The molecule has 0 spiro atoms. The third-order valence-corrected chi connectivity index (χ3v) is 8.91. The lowest BCUT2D eigenvalue weighted by atomic mass is 9.97. The molecule has 3 aliphatic heterocycles. The van der Waals surface area contributed by atoms with Crippen LogP contribution in [0.1, 0.15) is 70.9 Å². The van der Waals surface area contributed by atoms with Crippen LogP contribution in [0, 0.1) is 17.7 Å². The van der Waals surface area contributed by atoms with Gasteiger partial charge < -0.3 is 29.2 Å². The molecule has 2 fully saturated rings. The average molecular weight is 658 g/mol. The second-order valence-electron chi connectivity index (χ2n) is 13.6. The fourth-order valence-electron chi connectivity index (χ4n) is 6.55. The summed E-state index contributed by atoms with van der Waals surface area (Å²) in [4.78, 5) is 70.1. The highest BCUT2D eigenvalue weighted by atomic mass is 19.1. The topological polar surface area (TPSA) is 141 Å². The molecule has 0 bridgehead atoms. The largest absolute Gasteiger partial charge is 0.464 e. The van der Waals surface area contributed by atoms with Crippen molar-refractivity contribution in [2.24, 2.45) is 11.8 Å². The van der Waals surface area contributed by atoms with E-state index in [9.17, 15) is 28.4 Å². The van der Waals surface area contributed by atoms with Crippen molar-refractivity contribution in [2.45, 2.75) is 96.2 Å². The lowest BCUT2D eigenvalue weighted by molar-refractivity contribution is -0.159. The van der Waals surface area contributed by atoms with Crippen molar-refractivity contribution >= 4 is 29.8 Å². The summed E-state index contributed by atoms with van der Waals surface area (Å²) in [6.07, 6.45) is 2.90. The first-order chi connectivity index (χ1) is 22.3. The van der Waals surface area contributed by atoms with Crippen LogP contribution >= 0.6 is 0 Å². The molecule has 5 atom stereocenters. The first kappa shape index (κ1) is 34.3. The summed E-state index contributed by atoms with van der Waals surface area (Å²) in [5.41, 5.74) is -0.953. The minimum absolute atomic E-state index is 0.0276. The molecule has 0 unspecified atom stereocenters. The van der Waals surface area contributed by atoms with E-state index in [2.05, 4.69) is 5.32 Å². The maximum Gasteiger partial charge on any atom is 0.410 e. The highest BCUT2D eigenvalue weighted by Gasteiger charge is 2.62. The summed E-state index contributed by atoms with van der Waals surface area (Å²) >= 11 is 0. The Kier molecular flexibility index (Phi) is 10.2. The number of carbonyl (C=O) groups excluding carboxylic acids is 5. The second kappa shape index (κ2) is 14.0. The van der Waals surface area contributed by atoms with E-state index < -0.39 is 64.9 Å². The van der Waals surface area contributed by atoms with Gasteiger partial charge in [-0.2, -0.15) is 0 Å². The quantitative estimate of drug-likeness (QED) is 0.287. The predicted octanol–water partition coefficient (Wildman–Crippen LogP) is 3.40. The number of hydrogen-bond acceptors (Lipinski definition) is 9. The monoisotopic (exact) mass is 657 g/mol. The van der Waals surface area contributed by atoms with Crippen LogP contribution in [0.25, 0.3) is 0 Å². The number of esters is 2. The highest BCUT2D eigenvalue weighted by Crippen LogP contribution is 2.46. The summed E-state index contributed by atoms with van der Waals surface area (Å²) in [6, 6.07) is 3.57.